The van der Waals surface area contributed by atoms with Gasteiger partial charge in [-0.1, -0.05) is 0 Å². The van der Waals surface area contributed by atoms with Crippen molar-refractivity contribution in [1.82, 2.24) is 15.0 Å². The molecule has 0 aliphatic heterocycles. The second-order valence-corrected chi connectivity index (χ2v) is 10.3. The molecule has 18 heavy (non-hydrogen) atoms. The van der Waals surface area contributed by atoms with Crippen LogP contribution in [-0.2, 0) is 0 Å². The number of rotatable bonds is 6. The molecule has 0 amide bonds. The Hall–Kier alpha value is -0.939. The van der Waals surface area contributed by atoms with Crippen LogP contribution in [-0.4, -0.2) is 42.1 Å². The van der Waals surface area contributed by atoms with Crippen LogP contribution in [0, 0.1) is 0 Å². The fourth-order valence-electron chi connectivity index (χ4n) is 1.01. The fourth-order valence-corrected chi connectivity index (χ4v) is 2.37. The minimum atomic E-state index is -0.923. The number of nitrogens with zero attached hydrogens (tertiary/aromatic N) is 3. The molecule has 1 rings (SSSR count). The molecule has 9 heteroatoms. The lowest BCUT2D eigenvalue weighted by Gasteiger charge is -2.12. The van der Waals surface area contributed by atoms with Gasteiger partial charge in [-0.3, -0.25) is 0 Å². The minimum Gasteiger partial charge on any atom is -0.516 e. The maximum atomic E-state index is 5.56. The fraction of sp³-hybridized carbons (Fsp3) is 0.667. The normalized spacial score (nSPS) is 11.2. The predicted molar refractivity (Wildman–Crippen MR) is 74.2 cm³/mol. The van der Waals surface area contributed by atoms with E-state index in [4.69, 9.17) is 13.3 Å². The standard InChI is InChI=1S/C9H18N3O3Si3/c1-16(2)13-7-10-8(14-17(3)4)12-9(11-7)15-18(5)6/h1-6H3. The van der Waals surface area contributed by atoms with Crippen molar-refractivity contribution in [1.29, 1.82) is 0 Å². The Bertz CT molecular complexity index is 321. The van der Waals surface area contributed by atoms with Crippen LogP contribution in [0.1, 0.15) is 0 Å². The first-order valence-corrected chi connectivity index (χ1v) is 12.8. The van der Waals surface area contributed by atoms with E-state index in [1.165, 1.54) is 0 Å². The molecule has 0 bridgehead atoms. The zero-order chi connectivity index (χ0) is 13.7. The smallest absolute Gasteiger partial charge is 0.311 e. The molecule has 0 spiro atoms. The van der Waals surface area contributed by atoms with Gasteiger partial charge in [0.05, 0.1) is 0 Å². The van der Waals surface area contributed by atoms with E-state index in [1.54, 1.807) is 0 Å². The molecule has 0 unspecified atom stereocenters. The van der Waals surface area contributed by atoms with Gasteiger partial charge in [-0.05, 0) is 39.3 Å². The lowest BCUT2D eigenvalue weighted by atomic mass is 10.9. The van der Waals surface area contributed by atoms with Crippen LogP contribution < -0.4 is 13.3 Å². The van der Waals surface area contributed by atoms with Crippen molar-refractivity contribution < 1.29 is 13.3 Å². The van der Waals surface area contributed by atoms with E-state index in [0.717, 1.165) is 0 Å². The van der Waals surface area contributed by atoms with Gasteiger partial charge >= 0.3 is 18.0 Å². The third-order valence-corrected chi connectivity index (χ3v) is 3.23. The Kier molecular flexibility index (Phi) is 5.75. The third kappa shape index (κ3) is 5.60. The highest BCUT2D eigenvalue weighted by Gasteiger charge is 2.14. The summed E-state index contributed by atoms with van der Waals surface area (Å²) < 4.78 is 16.7. The number of aromatic nitrogens is 3. The third-order valence-electron chi connectivity index (χ3n) is 1.46. The topological polar surface area (TPSA) is 66.4 Å². The molecule has 0 aliphatic rings. The molecule has 0 N–H and O–H groups in total. The molecule has 1 heterocycles. The molecule has 3 radical (unpaired) electrons. The molecule has 0 saturated carbocycles. The van der Waals surface area contributed by atoms with Crippen molar-refractivity contribution in [3.63, 3.8) is 0 Å². The van der Waals surface area contributed by atoms with Gasteiger partial charge in [-0.2, -0.15) is 0 Å². The van der Waals surface area contributed by atoms with E-state index in [9.17, 15) is 0 Å². The van der Waals surface area contributed by atoms with Crippen LogP contribution >= 0.6 is 0 Å². The molecule has 99 valence electrons. The molecule has 0 fully saturated rings. The molecule has 0 atom stereocenters. The summed E-state index contributed by atoms with van der Waals surface area (Å²) in [6.07, 6.45) is 0. The van der Waals surface area contributed by atoms with Crippen molar-refractivity contribution in [2.75, 3.05) is 0 Å². The molecular formula is C9H18N3O3Si3. The molecule has 6 nitrogen and oxygen atoms in total. The summed E-state index contributed by atoms with van der Waals surface area (Å²) in [6.45, 7) is 12.1. The molecule has 0 saturated heterocycles. The van der Waals surface area contributed by atoms with Crippen LogP contribution in [0.5, 0.6) is 18.0 Å². The van der Waals surface area contributed by atoms with E-state index >= 15 is 0 Å². The van der Waals surface area contributed by atoms with Gasteiger partial charge in [0.15, 0.2) is 0 Å². The van der Waals surface area contributed by atoms with Gasteiger partial charge in [0.25, 0.3) is 27.1 Å². The minimum absolute atomic E-state index is 0.292. The summed E-state index contributed by atoms with van der Waals surface area (Å²) in [5.41, 5.74) is 0. The van der Waals surface area contributed by atoms with Crippen LogP contribution in [0.4, 0.5) is 0 Å². The van der Waals surface area contributed by atoms with E-state index in [1.807, 2.05) is 39.3 Å². The largest absolute Gasteiger partial charge is 0.516 e. The van der Waals surface area contributed by atoms with Crippen molar-refractivity contribution in [3.8, 4) is 18.0 Å². The van der Waals surface area contributed by atoms with Gasteiger partial charge in [-0.15, -0.1) is 15.0 Å². The Morgan fingerprint density at radius 3 is 0.944 bits per heavy atom. The second kappa shape index (κ2) is 6.85. The van der Waals surface area contributed by atoms with Crippen molar-refractivity contribution in [2.45, 2.75) is 39.3 Å². The highest BCUT2D eigenvalue weighted by Crippen LogP contribution is 2.16. The lowest BCUT2D eigenvalue weighted by Crippen LogP contribution is -2.19. The summed E-state index contributed by atoms with van der Waals surface area (Å²) in [6, 6.07) is 0.876. The van der Waals surface area contributed by atoms with Crippen molar-refractivity contribution in [2.24, 2.45) is 0 Å². The Balaban J connectivity index is 2.95. The first kappa shape index (κ1) is 15.1. The number of hydrogen-bond acceptors (Lipinski definition) is 6. The molecule has 0 aromatic carbocycles. The molecule has 1 aromatic rings. The van der Waals surface area contributed by atoms with Crippen molar-refractivity contribution >= 4 is 27.1 Å². The SMILES string of the molecule is C[Si](C)Oc1nc(O[Si](C)C)nc(O[Si](C)C)n1. The molecule has 1 aromatic heterocycles. The zero-order valence-corrected chi connectivity index (χ0v) is 14.6. The summed E-state index contributed by atoms with van der Waals surface area (Å²) >= 11 is 0. The van der Waals surface area contributed by atoms with Crippen LogP contribution in [0.25, 0.3) is 0 Å². The first-order valence-electron chi connectivity index (χ1n) is 5.57. The second-order valence-electron chi connectivity index (χ2n) is 4.21. The van der Waals surface area contributed by atoms with E-state index < -0.39 is 27.1 Å². The van der Waals surface area contributed by atoms with Gasteiger partial charge in [0.2, 0.25) is 0 Å². The summed E-state index contributed by atoms with van der Waals surface area (Å²) in [7, 11) is -2.77. The lowest BCUT2D eigenvalue weighted by molar-refractivity contribution is 0.436. The van der Waals surface area contributed by atoms with Gasteiger partial charge in [-0.25, -0.2) is 0 Å². The zero-order valence-electron chi connectivity index (χ0n) is 11.6. The van der Waals surface area contributed by atoms with Gasteiger partial charge in [0, 0.05) is 0 Å². The maximum absolute atomic E-state index is 5.56. The van der Waals surface area contributed by atoms with E-state index in [-0.39, 0.29) is 0 Å². The Labute approximate surface area is 113 Å². The average molecular weight is 301 g/mol. The van der Waals surface area contributed by atoms with E-state index in [0.29, 0.717) is 18.0 Å². The van der Waals surface area contributed by atoms with Crippen LogP contribution in [0.3, 0.4) is 0 Å². The predicted octanol–water partition coefficient (Wildman–Crippen LogP) is 1.76. The van der Waals surface area contributed by atoms with Gasteiger partial charge in [0.1, 0.15) is 0 Å². The monoisotopic (exact) mass is 300 g/mol. The summed E-state index contributed by atoms with van der Waals surface area (Å²) in [5.74, 6) is 0. The maximum Gasteiger partial charge on any atom is 0.311 e. The average Bonchev–Trinajstić information content (AvgIpc) is 2.12. The van der Waals surface area contributed by atoms with Crippen LogP contribution in [0.15, 0.2) is 0 Å². The quantitative estimate of drug-likeness (QED) is 0.746. The molecule has 0 aliphatic carbocycles. The Morgan fingerprint density at radius 1 is 0.556 bits per heavy atom. The highest BCUT2D eigenvalue weighted by molar-refractivity contribution is 6.50. The van der Waals surface area contributed by atoms with Gasteiger partial charge < -0.3 is 13.3 Å². The first-order chi connectivity index (χ1) is 8.36. The molecular weight excluding hydrogens is 282 g/mol. The number of hydrogen-bond donors (Lipinski definition) is 0. The van der Waals surface area contributed by atoms with Crippen molar-refractivity contribution in [3.05, 3.63) is 0 Å². The van der Waals surface area contributed by atoms with Crippen LogP contribution in [0.2, 0.25) is 39.3 Å². The summed E-state index contributed by atoms with van der Waals surface area (Å²) in [5, 5.41) is 0. The van der Waals surface area contributed by atoms with E-state index in [2.05, 4.69) is 15.0 Å². The Morgan fingerprint density at radius 2 is 0.778 bits per heavy atom. The summed E-state index contributed by atoms with van der Waals surface area (Å²) in [4.78, 5) is 12.4. The highest BCUT2D eigenvalue weighted by atomic mass is 28.3.